The number of benzene rings is 2. The lowest BCUT2D eigenvalue weighted by Crippen LogP contribution is -2.35. The van der Waals surface area contributed by atoms with Crippen LogP contribution >= 0.6 is 0 Å². The lowest BCUT2D eigenvalue weighted by Gasteiger charge is -2.29. The van der Waals surface area contributed by atoms with Gasteiger partial charge in [0.1, 0.15) is 0 Å². The van der Waals surface area contributed by atoms with Gasteiger partial charge in [-0.05, 0) is 44.1 Å². The number of aromatic nitrogens is 2. The number of H-pyrrole nitrogens is 1. The van der Waals surface area contributed by atoms with Crippen molar-refractivity contribution in [2.24, 2.45) is 0 Å². The van der Waals surface area contributed by atoms with E-state index in [9.17, 15) is 4.79 Å². The number of hydrogen-bond acceptors (Lipinski definition) is 2. The Morgan fingerprint density at radius 3 is 2.23 bits per heavy atom. The molecule has 0 saturated carbocycles. The molecule has 4 rings (SSSR count). The van der Waals surface area contributed by atoms with Gasteiger partial charge >= 0.3 is 0 Å². The Morgan fingerprint density at radius 2 is 1.58 bits per heavy atom. The van der Waals surface area contributed by atoms with Gasteiger partial charge in [-0.15, -0.1) is 0 Å². The largest absolute Gasteiger partial charge is 0.306 e. The molecule has 1 saturated heterocycles. The fraction of sp³-hybridized carbons (Fsp3) is 0.318. The molecule has 0 bridgehead atoms. The van der Waals surface area contributed by atoms with E-state index in [0.29, 0.717) is 6.42 Å². The molecule has 1 aromatic heterocycles. The van der Waals surface area contributed by atoms with Crippen LogP contribution in [0.5, 0.6) is 0 Å². The van der Waals surface area contributed by atoms with E-state index in [1.54, 1.807) is 0 Å². The van der Waals surface area contributed by atoms with Gasteiger partial charge in [0.15, 0.2) is 0 Å². The standard InChI is InChI=1S/C22H25N3O/c1-24-14-12-19(13-15-24)25-22(26)20(16-17-8-4-2-5-9-17)21(23-25)18-10-6-3-7-11-18/h2-11,19,23H,12-16H2,1H3. The van der Waals surface area contributed by atoms with E-state index < -0.39 is 0 Å². The maximum absolute atomic E-state index is 13.3. The maximum Gasteiger partial charge on any atom is 0.270 e. The number of piperidine rings is 1. The van der Waals surface area contributed by atoms with Crippen molar-refractivity contribution >= 4 is 0 Å². The summed E-state index contributed by atoms with van der Waals surface area (Å²) in [7, 11) is 2.14. The molecule has 0 radical (unpaired) electrons. The second-order valence-electron chi connectivity index (χ2n) is 7.20. The van der Waals surface area contributed by atoms with Crippen LogP contribution in [0.1, 0.15) is 30.0 Å². The van der Waals surface area contributed by atoms with Crippen molar-refractivity contribution in [1.82, 2.24) is 14.7 Å². The Kier molecular flexibility index (Phi) is 4.76. The molecule has 4 nitrogen and oxygen atoms in total. The summed E-state index contributed by atoms with van der Waals surface area (Å²) in [6, 6.07) is 20.7. The van der Waals surface area contributed by atoms with Crippen LogP contribution in [0.15, 0.2) is 65.5 Å². The van der Waals surface area contributed by atoms with Crippen molar-refractivity contribution in [2.75, 3.05) is 20.1 Å². The molecular weight excluding hydrogens is 322 g/mol. The van der Waals surface area contributed by atoms with Gasteiger partial charge in [-0.3, -0.25) is 9.89 Å². The highest BCUT2D eigenvalue weighted by Crippen LogP contribution is 2.25. The number of likely N-dealkylation sites (tertiary alicyclic amines) is 1. The predicted molar refractivity (Wildman–Crippen MR) is 106 cm³/mol. The Morgan fingerprint density at radius 1 is 0.962 bits per heavy atom. The molecule has 2 aromatic carbocycles. The van der Waals surface area contributed by atoms with Crippen molar-refractivity contribution in [1.29, 1.82) is 0 Å². The molecule has 3 aromatic rings. The molecule has 1 N–H and O–H groups in total. The summed E-state index contributed by atoms with van der Waals surface area (Å²) in [5.41, 5.74) is 4.18. The summed E-state index contributed by atoms with van der Waals surface area (Å²) >= 11 is 0. The molecule has 0 atom stereocenters. The van der Waals surface area contributed by atoms with E-state index in [4.69, 9.17) is 0 Å². The minimum Gasteiger partial charge on any atom is -0.306 e. The third kappa shape index (κ3) is 3.37. The highest BCUT2D eigenvalue weighted by molar-refractivity contribution is 5.63. The summed E-state index contributed by atoms with van der Waals surface area (Å²) < 4.78 is 1.88. The van der Waals surface area contributed by atoms with Crippen LogP contribution in [0.2, 0.25) is 0 Å². The number of nitrogens with one attached hydrogen (secondary N) is 1. The molecule has 1 fully saturated rings. The average molecular weight is 347 g/mol. The second-order valence-corrected chi connectivity index (χ2v) is 7.20. The number of nitrogens with zero attached hydrogens (tertiary/aromatic N) is 2. The summed E-state index contributed by atoms with van der Waals surface area (Å²) in [6.45, 7) is 2.07. The molecular formula is C22H25N3O. The highest BCUT2D eigenvalue weighted by atomic mass is 16.1. The highest BCUT2D eigenvalue weighted by Gasteiger charge is 2.24. The zero-order valence-corrected chi connectivity index (χ0v) is 15.2. The first-order valence-corrected chi connectivity index (χ1v) is 9.33. The Labute approximate surface area is 154 Å². The fourth-order valence-corrected chi connectivity index (χ4v) is 3.81. The van der Waals surface area contributed by atoms with Gasteiger partial charge in [-0.2, -0.15) is 0 Å². The Hall–Kier alpha value is -2.59. The van der Waals surface area contributed by atoms with Gasteiger partial charge in [0, 0.05) is 12.0 Å². The maximum atomic E-state index is 13.3. The quantitative estimate of drug-likeness (QED) is 0.782. The molecule has 0 amide bonds. The summed E-state index contributed by atoms with van der Waals surface area (Å²) in [6.07, 6.45) is 2.67. The third-order valence-electron chi connectivity index (χ3n) is 5.35. The number of rotatable bonds is 4. The van der Waals surface area contributed by atoms with Crippen molar-refractivity contribution in [2.45, 2.75) is 25.3 Å². The van der Waals surface area contributed by atoms with Crippen LogP contribution < -0.4 is 5.56 Å². The van der Waals surface area contributed by atoms with Crippen LogP contribution in [0.25, 0.3) is 11.3 Å². The van der Waals surface area contributed by atoms with Gasteiger partial charge in [-0.1, -0.05) is 60.7 Å². The van der Waals surface area contributed by atoms with Crippen LogP contribution in [0, 0.1) is 0 Å². The predicted octanol–water partition coefficient (Wildman–Crippen LogP) is 3.70. The Bertz CT molecular complexity index is 904. The van der Waals surface area contributed by atoms with Crippen molar-refractivity contribution < 1.29 is 0 Å². The second kappa shape index (κ2) is 7.34. The van der Waals surface area contributed by atoms with Crippen LogP contribution in [-0.4, -0.2) is 34.8 Å². The lowest BCUT2D eigenvalue weighted by atomic mass is 10.0. The van der Waals surface area contributed by atoms with E-state index >= 15 is 0 Å². The lowest BCUT2D eigenvalue weighted by molar-refractivity contribution is 0.210. The molecule has 4 heteroatoms. The molecule has 1 aliphatic rings. The van der Waals surface area contributed by atoms with Crippen LogP contribution in [0.3, 0.4) is 0 Å². The normalized spacial score (nSPS) is 16.0. The molecule has 1 aliphatic heterocycles. The van der Waals surface area contributed by atoms with E-state index in [1.807, 2.05) is 41.1 Å². The van der Waals surface area contributed by atoms with Gasteiger partial charge in [-0.25, -0.2) is 4.68 Å². The summed E-state index contributed by atoms with van der Waals surface area (Å²) in [4.78, 5) is 15.6. The van der Waals surface area contributed by atoms with Crippen LogP contribution in [-0.2, 0) is 6.42 Å². The van der Waals surface area contributed by atoms with Gasteiger partial charge in [0.2, 0.25) is 0 Å². The van der Waals surface area contributed by atoms with E-state index in [2.05, 4.69) is 41.3 Å². The first-order valence-electron chi connectivity index (χ1n) is 9.33. The minimum absolute atomic E-state index is 0.127. The third-order valence-corrected chi connectivity index (χ3v) is 5.35. The van der Waals surface area contributed by atoms with Crippen molar-refractivity contribution in [3.8, 4) is 11.3 Å². The number of aromatic amines is 1. The zero-order valence-electron chi connectivity index (χ0n) is 15.2. The fourth-order valence-electron chi connectivity index (χ4n) is 3.81. The van der Waals surface area contributed by atoms with Gasteiger partial charge in [0.05, 0.1) is 11.7 Å². The van der Waals surface area contributed by atoms with Gasteiger partial charge < -0.3 is 4.90 Å². The molecule has 2 heterocycles. The van der Waals surface area contributed by atoms with Gasteiger partial charge in [0.25, 0.3) is 5.56 Å². The van der Waals surface area contributed by atoms with E-state index in [1.165, 1.54) is 0 Å². The molecule has 0 unspecified atom stereocenters. The van der Waals surface area contributed by atoms with Crippen LogP contribution in [0.4, 0.5) is 0 Å². The van der Waals surface area contributed by atoms with Crippen molar-refractivity contribution in [3.05, 3.63) is 82.1 Å². The first-order chi connectivity index (χ1) is 12.7. The summed E-state index contributed by atoms with van der Waals surface area (Å²) in [5.74, 6) is 0. The van der Waals surface area contributed by atoms with E-state index in [-0.39, 0.29) is 11.6 Å². The van der Waals surface area contributed by atoms with Crippen molar-refractivity contribution in [3.63, 3.8) is 0 Å². The molecule has 0 spiro atoms. The molecule has 134 valence electrons. The topological polar surface area (TPSA) is 41.0 Å². The first kappa shape index (κ1) is 16.9. The smallest absolute Gasteiger partial charge is 0.270 e. The molecule has 0 aliphatic carbocycles. The SMILES string of the molecule is CN1CCC(n2[nH]c(-c3ccccc3)c(Cc3ccccc3)c2=O)CC1. The van der Waals surface area contributed by atoms with E-state index in [0.717, 1.165) is 48.3 Å². The average Bonchev–Trinajstić information content (AvgIpc) is 3.01. The summed E-state index contributed by atoms with van der Waals surface area (Å²) in [5, 5.41) is 3.46. The minimum atomic E-state index is 0.127. The molecule has 26 heavy (non-hydrogen) atoms. The Balaban J connectivity index is 1.76. The monoisotopic (exact) mass is 347 g/mol. The zero-order chi connectivity index (χ0) is 17.9. The number of hydrogen-bond donors (Lipinski definition) is 1.